The number of amidine groups is 1. The Morgan fingerprint density at radius 3 is 2.52 bits per heavy atom. The Balaban J connectivity index is 1.56. The Kier molecular flexibility index (Phi) is 4.32. The Morgan fingerprint density at radius 1 is 1.21 bits per heavy atom. The summed E-state index contributed by atoms with van der Waals surface area (Å²) in [5.41, 5.74) is 0.455. The molecule has 2 aliphatic heterocycles. The molecule has 2 atom stereocenters. The molecule has 3 heterocycles. The second kappa shape index (κ2) is 6.56. The van der Waals surface area contributed by atoms with E-state index in [0.717, 1.165) is 74.5 Å². The van der Waals surface area contributed by atoms with Crippen LogP contribution in [0.25, 0.3) is 0 Å². The summed E-state index contributed by atoms with van der Waals surface area (Å²) in [5.74, 6) is 2.97. The molecule has 2 amide bonds. The maximum Gasteiger partial charge on any atom is 0.331 e. The monoisotopic (exact) mass is 399 g/mol. The molecule has 0 spiro atoms. The molecule has 3 aliphatic carbocycles. The standard InChI is InChI=1S/C22H33N5O2/c1-4-12-26-18-16(17-23-15(14(3)5-2)13-27(17)20(26)28)24-19(25-18)21-6-9-22(29,10-7-21)11-8-21/h14-15,29H,4-13H2,1-3H3,(H,24,25)/t14?,15-,21?,22?/m1/s1. The summed E-state index contributed by atoms with van der Waals surface area (Å²) >= 11 is 0. The highest BCUT2D eigenvalue weighted by molar-refractivity contribution is 6.18. The second-order valence-electron chi connectivity index (χ2n) is 9.74. The minimum absolute atomic E-state index is 0.00284. The number of imidazole rings is 1. The maximum absolute atomic E-state index is 13.3. The van der Waals surface area contributed by atoms with Gasteiger partial charge in [0, 0.05) is 12.0 Å². The maximum atomic E-state index is 13.3. The number of hydrogen-bond donors (Lipinski definition) is 2. The van der Waals surface area contributed by atoms with Crippen LogP contribution in [0.1, 0.15) is 83.7 Å². The molecule has 0 aromatic carbocycles. The summed E-state index contributed by atoms with van der Waals surface area (Å²) in [6, 6.07) is 0.166. The van der Waals surface area contributed by atoms with Crippen LogP contribution in [0.15, 0.2) is 4.99 Å². The van der Waals surface area contributed by atoms with Crippen LogP contribution in [0, 0.1) is 5.92 Å². The van der Waals surface area contributed by atoms with Gasteiger partial charge in [-0.2, -0.15) is 0 Å². The molecule has 3 fully saturated rings. The van der Waals surface area contributed by atoms with Crippen LogP contribution in [0.5, 0.6) is 0 Å². The predicted octanol–water partition coefficient (Wildman–Crippen LogP) is 3.57. The molecule has 1 aromatic heterocycles. The molecule has 2 N–H and O–H groups in total. The summed E-state index contributed by atoms with van der Waals surface area (Å²) in [7, 11) is 0. The minimum Gasteiger partial charge on any atom is -0.390 e. The molecule has 0 radical (unpaired) electrons. The topological polar surface area (TPSA) is 84.8 Å². The number of carbonyl (C=O) groups is 1. The number of fused-ring (bicyclic) bond motifs is 6. The first-order valence-electron chi connectivity index (χ1n) is 11.4. The van der Waals surface area contributed by atoms with Crippen LogP contribution >= 0.6 is 0 Å². The number of urea groups is 1. The van der Waals surface area contributed by atoms with E-state index in [9.17, 15) is 9.90 Å². The van der Waals surface area contributed by atoms with Gasteiger partial charge in [-0.15, -0.1) is 0 Å². The van der Waals surface area contributed by atoms with Gasteiger partial charge in [0.1, 0.15) is 11.5 Å². The largest absolute Gasteiger partial charge is 0.390 e. The number of aliphatic hydroxyl groups is 1. The number of anilines is 1. The summed E-state index contributed by atoms with van der Waals surface area (Å²) < 4.78 is 0. The first-order chi connectivity index (χ1) is 13.9. The van der Waals surface area contributed by atoms with Crippen LogP contribution in [0.3, 0.4) is 0 Å². The van der Waals surface area contributed by atoms with E-state index in [1.54, 1.807) is 0 Å². The molecule has 0 saturated heterocycles. The summed E-state index contributed by atoms with van der Waals surface area (Å²) in [6.07, 6.45) is 7.36. The van der Waals surface area contributed by atoms with Crippen molar-refractivity contribution in [1.29, 1.82) is 0 Å². The highest BCUT2D eigenvalue weighted by atomic mass is 16.3. The Bertz CT molecular complexity index is 835. The van der Waals surface area contributed by atoms with Crippen molar-refractivity contribution in [1.82, 2.24) is 14.9 Å². The van der Waals surface area contributed by atoms with Gasteiger partial charge in [-0.25, -0.2) is 9.78 Å². The highest BCUT2D eigenvalue weighted by Crippen LogP contribution is 2.53. The zero-order chi connectivity index (χ0) is 20.4. The van der Waals surface area contributed by atoms with Crippen molar-refractivity contribution in [2.24, 2.45) is 10.9 Å². The fourth-order valence-corrected chi connectivity index (χ4v) is 5.64. The van der Waals surface area contributed by atoms with Crippen molar-refractivity contribution < 1.29 is 9.90 Å². The number of rotatable bonds is 5. The van der Waals surface area contributed by atoms with Gasteiger partial charge in [-0.3, -0.25) is 14.8 Å². The first kappa shape index (κ1) is 19.1. The third-order valence-electron chi connectivity index (χ3n) is 8.00. The van der Waals surface area contributed by atoms with Gasteiger partial charge >= 0.3 is 6.03 Å². The molecule has 1 unspecified atom stereocenters. The quantitative estimate of drug-likeness (QED) is 0.794. The third-order valence-corrected chi connectivity index (χ3v) is 8.00. The van der Waals surface area contributed by atoms with Gasteiger partial charge in [0.2, 0.25) is 0 Å². The lowest BCUT2D eigenvalue weighted by Gasteiger charge is -2.49. The van der Waals surface area contributed by atoms with E-state index < -0.39 is 5.60 Å². The normalized spacial score (nSPS) is 34.3. The second-order valence-corrected chi connectivity index (χ2v) is 9.74. The number of hydrogen-bond acceptors (Lipinski definition) is 4. The highest BCUT2D eigenvalue weighted by Gasteiger charge is 2.51. The molecule has 7 nitrogen and oxygen atoms in total. The number of nitrogens with one attached hydrogen (secondary N) is 1. The third kappa shape index (κ3) is 2.76. The zero-order valence-corrected chi connectivity index (χ0v) is 17.9. The molecular weight excluding hydrogens is 366 g/mol. The number of aliphatic imine (C=N–C) groups is 1. The van der Waals surface area contributed by atoms with Crippen molar-refractivity contribution in [2.75, 3.05) is 18.0 Å². The van der Waals surface area contributed by atoms with Crippen LogP contribution in [0.4, 0.5) is 10.6 Å². The van der Waals surface area contributed by atoms with Crippen molar-refractivity contribution in [3.63, 3.8) is 0 Å². The van der Waals surface area contributed by atoms with Crippen LogP contribution in [0.2, 0.25) is 0 Å². The Labute approximate surface area is 172 Å². The van der Waals surface area contributed by atoms with Crippen molar-refractivity contribution in [2.45, 2.75) is 89.2 Å². The summed E-state index contributed by atoms with van der Waals surface area (Å²) in [4.78, 5) is 30.6. The van der Waals surface area contributed by atoms with Crippen molar-refractivity contribution in [3.05, 3.63) is 11.5 Å². The molecule has 3 saturated carbocycles. The number of carbonyl (C=O) groups excluding carboxylic acids is 1. The number of aromatic amines is 1. The molecule has 5 aliphatic rings. The van der Waals surface area contributed by atoms with Gasteiger partial charge < -0.3 is 10.1 Å². The Morgan fingerprint density at radius 2 is 1.90 bits per heavy atom. The molecule has 6 rings (SSSR count). The molecule has 7 heteroatoms. The Hall–Kier alpha value is -1.89. The summed E-state index contributed by atoms with van der Waals surface area (Å²) in [5, 5.41) is 10.6. The van der Waals surface area contributed by atoms with Crippen LogP contribution in [-0.2, 0) is 5.41 Å². The first-order valence-corrected chi connectivity index (χ1v) is 11.4. The van der Waals surface area contributed by atoms with Gasteiger partial charge in [0.05, 0.1) is 18.2 Å². The van der Waals surface area contributed by atoms with E-state index in [1.165, 1.54) is 0 Å². The van der Waals surface area contributed by atoms with E-state index in [1.807, 2.05) is 9.80 Å². The average Bonchev–Trinajstić information content (AvgIpc) is 3.37. The SMILES string of the molecule is CCCN1C(=O)N2C[C@H](C(C)CC)N=C2c2[nH]c(C34CCC(O)(CC3)CC4)nc21. The lowest BCUT2D eigenvalue weighted by molar-refractivity contribution is -0.0678. The van der Waals surface area contributed by atoms with Gasteiger partial charge in [-0.05, 0) is 50.9 Å². The van der Waals surface area contributed by atoms with E-state index in [0.29, 0.717) is 19.0 Å². The van der Waals surface area contributed by atoms with Crippen molar-refractivity contribution in [3.8, 4) is 0 Å². The molecule has 158 valence electrons. The number of nitrogens with zero attached hydrogens (tertiary/aromatic N) is 4. The summed E-state index contributed by atoms with van der Waals surface area (Å²) in [6.45, 7) is 7.82. The van der Waals surface area contributed by atoms with E-state index in [-0.39, 0.29) is 17.5 Å². The lowest BCUT2D eigenvalue weighted by atomic mass is 9.58. The predicted molar refractivity (Wildman–Crippen MR) is 112 cm³/mol. The van der Waals surface area contributed by atoms with E-state index in [4.69, 9.17) is 9.98 Å². The van der Waals surface area contributed by atoms with E-state index in [2.05, 4.69) is 25.8 Å². The molecule has 1 aromatic rings. The lowest BCUT2D eigenvalue weighted by Crippen LogP contribution is -2.50. The van der Waals surface area contributed by atoms with Gasteiger partial charge in [-0.1, -0.05) is 27.2 Å². The zero-order valence-electron chi connectivity index (χ0n) is 17.9. The van der Waals surface area contributed by atoms with Crippen LogP contribution in [-0.4, -0.2) is 56.6 Å². The number of amides is 2. The average molecular weight is 400 g/mol. The van der Waals surface area contributed by atoms with E-state index >= 15 is 0 Å². The smallest absolute Gasteiger partial charge is 0.331 e. The van der Waals surface area contributed by atoms with Crippen molar-refractivity contribution >= 4 is 17.7 Å². The number of H-pyrrole nitrogens is 1. The molecule has 2 bridgehead atoms. The molecule has 29 heavy (non-hydrogen) atoms. The van der Waals surface area contributed by atoms with Gasteiger partial charge in [0.15, 0.2) is 11.7 Å². The fourth-order valence-electron chi connectivity index (χ4n) is 5.64. The minimum atomic E-state index is -0.464. The van der Waals surface area contributed by atoms with Gasteiger partial charge in [0.25, 0.3) is 0 Å². The molecular formula is C22H33N5O2. The fraction of sp³-hybridized carbons (Fsp3) is 0.773. The number of aromatic nitrogens is 2. The van der Waals surface area contributed by atoms with Crippen LogP contribution < -0.4 is 4.90 Å².